The molecular formula is C22H15BrClF3N2O4. The number of hydrogen-bond acceptors (Lipinski definition) is 4. The number of amides is 2. The first-order valence-electron chi connectivity index (χ1n) is 9.53. The lowest BCUT2D eigenvalue weighted by atomic mass is 9.79. The molecule has 3 N–H and O–H groups in total. The van der Waals surface area contributed by atoms with Gasteiger partial charge in [0.15, 0.2) is 5.78 Å². The molecule has 1 aliphatic rings. The van der Waals surface area contributed by atoms with E-state index in [4.69, 9.17) is 16.0 Å². The lowest BCUT2D eigenvalue weighted by molar-refractivity contribution is -0.288. The Balaban J connectivity index is 1.81. The van der Waals surface area contributed by atoms with E-state index in [1.165, 1.54) is 41.7 Å². The normalized spacial score (nSPS) is 23.0. The van der Waals surface area contributed by atoms with Crippen molar-refractivity contribution >= 4 is 39.3 Å². The topological polar surface area (TPSA) is 91.6 Å². The van der Waals surface area contributed by atoms with Gasteiger partial charge in [0.1, 0.15) is 23.5 Å². The summed E-state index contributed by atoms with van der Waals surface area (Å²) in [5.41, 5.74) is -3.39. The molecule has 11 heteroatoms. The molecule has 0 radical (unpaired) electrons. The number of nitrogens with one attached hydrogen (secondary N) is 2. The van der Waals surface area contributed by atoms with Crippen LogP contribution < -0.4 is 10.6 Å². The third kappa shape index (κ3) is 4.38. The van der Waals surface area contributed by atoms with Crippen molar-refractivity contribution in [3.05, 3.63) is 81.5 Å². The lowest BCUT2D eigenvalue weighted by Gasteiger charge is -2.44. The number of furan rings is 1. The van der Waals surface area contributed by atoms with Crippen molar-refractivity contribution in [2.45, 2.75) is 17.9 Å². The Morgan fingerprint density at radius 3 is 2.45 bits per heavy atom. The molecule has 2 aromatic carbocycles. The van der Waals surface area contributed by atoms with Gasteiger partial charge in [-0.25, -0.2) is 4.79 Å². The molecule has 1 aliphatic heterocycles. The van der Waals surface area contributed by atoms with Crippen LogP contribution in [0.1, 0.15) is 22.2 Å². The minimum absolute atomic E-state index is 0.0876. The summed E-state index contributed by atoms with van der Waals surface area (Å²) in [5.74, 6) is -3.11. The number of aliphatic hydroxyl groups is 1. The molecule has 3 atom stereocenters. The molecule has 4 rings (SSSR count). The summed E-state index contributed by atoms with van der Waals surface area (Å²) in [6, 6.07) is 12.0. The molecule has 2 amide bonds. The third-order valence-corrected chi connectivity index (χ3v) is 6.02. The van der Waals surface area contributed by atoms with Crippen molar-refractivity contribution in [2.75, 3.05) is 0 Å². The van der Waals surface area contributed by atoms with E-state index in [0.717, 1.165) is 0 Å². The zero-order chi connectivity index (χ0) is 24.0. The third-order valence-electron chi connectivity index (χ3n) is 5.26. The van der Waals surface area contributed by atoms with Crippen LogP contribution in [0.4, 0.5) is 18.0 Å². The SMILES string of the molecule is O=C1N[C@@H](c2ccc(-c3cccc(Cl)c3)o2)[C@@H](C(=O)c2ccc(Br)cc2)[C@@](O)(C(F)(F)F)N1. The second kappa shape index (κ2) is 8.51. The van der Waals surface area contributed by atoms with Crippen molar-refractivity contribution < 1.29 is 32.3 Å². The van der Waals surface area contributed by atoms with Gasteiger partial charge in [0, 0.05) is 20.6 Å². The zero-order valence-corrected chi connectivity index (χ0v) is 18.8. The summed E-state index contributed by atoms with van der Waals surface area (Å²) >= 11 is 9.18. The number of alkyl halides is 3. The number of urea groups is 1. The first-order chi connectivity index (χ1) is 15.5. The predicted molar refractivity (Wildman–Crippen MR) is 117 cm³/mol. The summed E-state index contributed by atoms with van der Waals surface area (Å²) in [6.45, 7) is 0. The second-order valence-electron chi connectivity index (χ2n) is 7.40. The molecule has 0 spiro atoms. The van der Waals surface area contributed by atoms with Gasteiger partial charge in [0.25, 0.3) is 0 Å². The first kappa shape index (κ1) is 23.3. The molecule has 0 aliphatic carbocycles. The van der Waals surface area contributed by atoms with E-state index in [9.17, 15) is 27.9 Å². The summed E-state index contributed by atoms with van der Waals surface area (Å²) in [7, 11) is 0. The number of hydrogen-bond donors (Lipinski definition) is 3. The number of rotatable bonds is 4. The molecule has 1 aromatic heterocycles. The van der Waals surface area contributed by atoms with Gasteiger partial charge < -0.3 is 20.2 Å². The second-order valence-corrected chi connectivity index (χ2v) is 8.75. The smallest absolute Gasteiger partial charge is 0.437 e. The fraction of sp³-hybridized carbons (Fsp3) is 0.182. The van der Waals surface area contributed by atoms with E-state index in [1.807, 2.05) is 0 Å². The van der Waals surface area contributed by atoms with E-state index < -0.39 is 35.7 Å². The fourth-order valence-corrected chi connectivity index (χ4v) is 4.14. The average molecular weight is 544 g/mol. The predicted octanol–water partition coefficient (Wildman–Crippen LogP) is 5.47. The maximum absolute atomic E-state index is 14.0. The standard InChI is InChI=1S/C22H15BrClF3N2O4/c23-13-6-4-11(5-7-13)19(30)17-18(28-20(31)29-21(17,32)22(25,26)27)16-9-8-15(33-16)12-2-1-3-14(24)10-12/h1-10,17-18,32H,(H2,28,29,31)/t17-,18-,21+/m0/s1. The Kier molecular flexibility index (Phi) is 6.02. The van der Waals surface area contributed by atoms with Crippen LogP contribution in [-0.2, 0) is 0 Å². The number of benzene rings is 2. The molecule has 3 aromatic rings. The van der Waals surface area contributed by atoms with Gasteiger partial charge in [-0.05, 0) is 36.4 Å². The van der Waals surface area contributed by atoms with Crippen molar-refractivity contribution in [1.29, 1.82) is 0 Å². The summed E-state index contributed by atoms with van der Waals surface area (Å²) in [6.07, 6.45) is -5.36. The Morgan fingerprint density at radius 1 is 1.12 bits per heavy atom. The van der Waals surface area contributed by atoms with E-state index >= 15 is 0 Å². The highest BCUT2D eigenvalue weighted by molar-refractivity contribution is 9.10. The van der Waals surface area contributed by atoms with Crippen molar-refractivity contribution in [2.24, 2.45) is 5.92 Å². The molecular weight excluding hydrogens is 529 g/mol. The van der Waals surface area contributed by atoms with E-state index in [2.05, 4.69) is 21.2 Å². The molecule has 0 saturated carbocycles. The van der Waals surface area contributed by atoms with Crippen molar-refractivity contribution in [1.82, 2.24) is 10.6 Å². The molecule has 6 nitrogen and oxygen atoms in total. The first-order valence-corrected chi connectivity index (χ1v) is 10.7. The van der Waals surface area contributed by atoms with Gasteiger partial charge in [-0.1, -0.05) is 51.8 Å². The maximum atomic E-state index is 14.0. The summed E-state index contributed by atoms with van der Waals surface area (Å²) in [4.78, 5) is 25.4. The Bertz CT molecular complexity index is 1210. The van der Waals surface area contributed by atoms with Gasteiger partial charge >= 0.3 is 12.2 Å². The summed E-state index contributed by atoms with van der Waals surface area (Å²) < 4.78 is 48.3. The van der Waals surface area contributed by atoms with Gasteiger partial charge in [0.05, 0.1) is 0 Å². The quantitative estimate of drug-likeness (QED) is 0.381. The zero-order valence-electron chi connectivity index (χ0n) is 16.5. The van der Waals surface area contributed by atoms with Crippen LogP contribution in [0.15, 0.2) is 69.6 Å². The minimum atomic E-state index is -5.36. The number of ketones is 1. The van der Waals surface area contributed by atoms with Gasteiger partial charge in [-0.3, -0.25) is 4.79 Å². The highest BCUT2D eigenvalue weighted by atomic mass is 79.9. The highest BCUT2D eigenvalue weighted by Crippen LogP contribution is 2.44. The van der Waals surface area contributed by atoms with Crippen LogP contribution in [-0.4, -0.2) is 28.8 Å². The number of carbonyl (C=O) groups excluding carboxylic acids is 2. The Labute approximate surface area is 198 Å². The molecule has 2 heterocycles. The average Bonchev–Trinajstić information content (AvgIpc) is 3.23. The molecule has 1 saturated heterocycles. The fourth-order valence-electron chi connectivity index (χ4n) is 3.69. The Hall–Kier alpha value is -2.82. The lowest BCUT2D eigenvalue weighted by Crippen LogP contribution is -2.72. The number of carbonyl (C=O) groups is 2. The number of Topliss-reactive ketones (excluding diaryl/α,β-unsaturated/α-hetero) is 1. The minimum Gasteiger partial charge on any atom is -0.459 e. The maximum Gasteiger partial charge on any atom is 0.437 e. The highest BCUT2D eigenvalue weighted by Gasteiger charge is 2.66. The molecule has 0 unspecified atom stereocenters. The summed E-state index contributed by atoms with van der Waals surface area (Å²) in [5, 5.41) is 14.8. The van der Waals surface area contributed by atoms with Gasteiger partial charge in [-0.2, -0.15) is 13.2 Å². The van der Waals surface area contributed by atoms with Crippen LogP contribution in [0.3, 0.4) is 0 Å². The molecule has 33 heavy (non-hydrogen) atoms. The van der Waals surface area contributed by atoms with E-state index in [1.54, 1.807) is 24.3 Å². The van der Waals surface area contributed by atoms with Crippen LogP contribution in [0, 0.1) is 5.92 Å². The Morgan fingerprint density at radius 2 is 1.82 bits per heavy atom. The number of halogens is 5. The van der Waals surface area contributed by atoms with Crippen LogP contribution in [0.2, 0.25) is 5.02 Å². The molecule has 1 fully saturated rings. The van der Waals surface area contributed by atoms with Gasteiger partial charge in [0.2, 0.25) is 5.72 Å². The largest absolute Gasteiger partial charge is 0.459 e. The van der Waals surface area contributed by atoms with Crippen LogP contribution in [0.25, 0.3) is 11.3 Å². The van der Waals surface area contributed by atoms with Crippen LogP contribution in [0.5, 0.6) is 0 Å². The van der Waals surface area contributed by atoms with Crippen LogP contribution >= 0.6 is 27.5 Å². The van der Waals surface area contributed by atoms with Gasteiger partial charge in [-0.15, -0.1) is 0 Å². The van der Waals surface area contributed by atoms with Crippen molar-refractivity contribution in [3.8, 4) is 11.3 Å². The monoisotopic (exact) mass is 542 g/mol. The molecule has 172 valence electrons. The van der Waals surface area contributed by atoms with Crippen molar-refractivity contribution in [3.63, 3.8) is 0 Å². The van der Waals surface area contributed by atoms with E-state index in [0.29, 0.717) is 15.1 Å². The molecule has 0 bridgehead atoms. The van der Waals surface area contributed by atoms with E-state index in [-0.39, 0.29) is 17.1 Å².